The molecule has 0 amide bonds. The van der Waals surface area contributed by atoms with Crippen LogP contribution in [0.4, 0.5) is 0 Å². The van der Waals surface area contributed by atoms with Crippen LogP contribution >= 0.6 is 0 Å². The molecule has 1 aromatic rings. The van der Waals surface area contributed by atoms with Crippen molar-refractivity contribution in [2.24, 2.45) is 0 Å². The van der Waals surface area contributed by atoms with E-state index in [1.54, 1.807) is 6.07 Å². The summed E-state index contributed by atoms with van der Waals surface area (Å²) in [6.07, 6.45) is 7.73. The Balaban J connectivity index is 2.76. The zero-order valence-electron chi connectivity index (χ0n) is 11.5. The van der Waals surface area contributed by atoms with E-state index in [4.69, 9.17) is 0 Å². The number of unbranched alkanes of at least 4 members (excludes halogenated alkanes) is 3. The van der Waals surface area contributed by atoms with Gasteiger partial charge in [0.05, 0.1) is 5.56 Å². The Morgan fingerprint density at radius 1 is 1.06 bits per heavy atom. The molecule has 0 radical (unpaired) electrons. The average Bonchev–Trinajstić information content (AvgIpc) is 2.35. The van der Waals surface area contributed by atoms with Gasteiger partial charge >= 0.3 is 5.97 Å². The number of carboxylic acid groups (broad SMARTS) is 1. The summed E-state index contributed by atoms with van der Waals surface area (Å²) in [5.41, 5.74) is 2.74. The van der Waals surface area contributed by atoms with Crippen molar-refractivity contribution in [2.75, 3.05) is 0 Å². The molecule has 0 aromatic heterocycles. The predicted octanol–water partition coefficient (Wildman–Crippen LogP) is 4.46. The maximum atomic E-state index is 11.2. The number of carboxylic acids is 1. The zero-order chi connectivity index (χ0) is 13.4. The highest BCUT2D eigenvalue weighted by Crippen LogP contribution is 2.17. The van der Waals surface area contributed by atoms with Crippen molar-refractivity contribution in [3.63, 3.8) is 0 Å². The lowest BCUT2D eigenvalue weighted by atomic mass is 9.97. The standard InChI is InChI=1S/C16H24O2/c1-3-5-6-7-9-14-12-13(8-4-2)10-11-15(14)16(17)18/h10-12H,3-9H2,1-2H3,(H,17,18). The van der Waals surface area contributed by atoms with Crippen molar-refractivity contribution in [2.45, 2.75) is 58.8 Å². The van der Waals surface area contributed by atoms with E-state index in [2.05, 4.69) is 19.9 Å². The van der Waals surface area contributed by atoms with Gasteiger partial charge in [0.2, 0.25) is 0 Å². The molecule has 0 unspecified atom stereocenters. The van der Waals surface area contributed by atoms with Crippen molar-refractivity contribution in [1.29, 1.82) is 0 Å². The molecule has 0 heterocycles. The number of rotatable bonds is 8. The van der Waals surface area contributed by atoms with Crippen molar-refractivity contribution in [1.82, 2.24) is 0 Å². The first-order chi connectivity index (χ1) is 8.69. The molecule has 0 bridgehead atoms. The number of aryl methyl sites for hydroxylation is 2. The number of aromatic carboxylic acids is 1. The first-order valence-corrected chi connectivity index (χ1v) is 7.04. The highest BCUT2D eigenvalue weighted by Gasteiger charge is 2.10. The molecule has 1 aromatic carbocycles. The summed E-state index contributed by atoms with van der Waals surface area (Å²) in [5, 5.41) is 9.19. The topological polar surface area (TPSA) is 37.3 Å². The molecule has 0 spiro atoms. The van der Waals surface area contributed by atoms with Gasteiger partial charge in [0.1, 0.15) is 0 Å². The number of hydrogen-bond donors (Lipinski definition) is 1. The largest absolute Gasteiger partial charge is 0.478 e. The summed E-state index contributed by atoms with van der Waals surface area (Å²) >= 11 is 0. The number of hydrogen-bond acceptors (Lipinski definition) is 1. The SMILES string of the molecule is CCCCCCc1cc(CCC)ccc1C(=O)O. The summed E-state index contributed by atoms with van der Waals surface area (Å²) in [4.78, 5) is 11.2. The lowest BCUT2D eigenvalue weighted by Crippen LogP contribution is -2.03. The Bertz CT molecular complexity index is 383. The van der Waals surface area contributed by atoms with Gasteiger partial charge in [-0.05, 0) is 36.5 Å². The van der Waals surface area contributed by atoms with E-state index in [0.29, 0.717) is 5.56 Å². The van der Waals surface area contributed by atoms with Crippen LogP contribution in [0.2, 0.25) is 0 Å². The van der Waals surface area contributed by atoms with E-state index in [9.17, 15) is 9.90 Å². The van der Waals surface area contributed by atoms with E-state index in [1.807, 2.05) is 6.07 Å². The average molecular weight is 248 g/mol. The van der Waals surface area contributed by atoms with Gasteiger partial charge in [-0.15, -0.1) is 0 Å². The summed E-state index contributed by atoms with van der Waals surface area (Å²) in [6, 6.07) is 5.80. The summed E-state index contributed by atoms with van der Waals surface area (Å²) < 4.78 is 0. The van der Waals surface area contributed by atoms with Gasteiger partial charge < -0.3 is 5.11 Å². The number of benzene rings is 1. The van der Waals surface area contributed by atoms with Crippen molar-refractivity contribution >= 4 is 5.97 Å². The Morgan fingerprint density at radius 2 is 1.83 bits per heavy atom. The van der Waals surface area contributed by atoms with Crippen LogP contribution in [0.15, 0.2) is 18.2 Å². The highest BCUT2D eigenvalue weighted by molar-refractivity contribution is 5.89. The summed E-state index contributed by atoms with van der Waals surface area (Å²) in [5.74, 6) is -0.802. The molecule has 18 heavy (non-hydrogen) atoms. The molecule has 0 saturated carbocycles. The minimum atomic E-state index is -0.802. The minimum Gasteiger partial charge on any atom is -0.478 e. The second kappa shape index (κ2) is 7.91. The lowest BCUT2D eigenvalue weighted by molar-refractivity contribution is 0.0695. The highest BCUT2D eigenvalue weighted by atomic mass is 16.4. The second-order valence-electron chi connectivity index (χ2n) is 4.86. The van der Waals surface area contributed by atoms with Crippen LogP contribution < -0.4 is 0 Å². The van der Waals surface area contributed by atoms with E-state index in [0.717, 1.165) is 31.2 Å². The van der Waals surface area contributed by atoms with Crippen molar-refractivity contribution in [3.8, 4) is 0 Å². The van der Waals surface area contributed by atoms with Gasteiger partial charge in [-0.2, -0.15) is 0 Å². The van der Waals surface area contributed by atoms with Crippen LogP contribution in [0.3, 0.4) is 0 Å². The Kier molecular flexibility index (Phi) is 6.48. The fraction of sp³-hybridized carbons (Fsp3) is 0.562. The molecule has 2 nitrogen and oxygen atoms in total. The van der Waals surface area contributed by atoms with Gasteiger partial charge in [0.15, 0.2) is 0 Å². The molecule has 0 aliphatic rings. The third-order valence-corrected chi connectivity index (χ3v) is 3.24. The van der Waals surface area contributed by atoms with Crippen molar-refractivity contribution in [3.05, 3.63) is 34.9 Å². The summed E-state index contributed by atoms with van der Waals surface area (Å²) in [6.45, 7) is 4.33. The van der Waals surface area contributed by atoms with Crippen LogP contribution in [0.25, 0.3) is 0 Å². The fourth-order valence-corrected chi connectivity index (χ4v) is 2.25. The molecule has 1 rings (SSSR count). The van der Waals surface area contributed by atoms with Gasteiger partial charge in [-0.3, -0.25) is 0 Å². The molecule has 0 aliphatic carbocycles. The second-order valence-corrected chi connectivity index (χ2v) is 4.86. The van der Waals surface area contributed by atoms with Gasteiger partial charge in [0, 0.05) is 0 Å². The van der Waals surface area contributed by atoms with Crippen LogP contribution in [0, 0.1) is 0 Å². The molecule has 100 valence electrons. The normalized spacial score (nSPS) is 10.6. The Hall–Kier alpha value is -1.31. The minimum absolute atomic E-state index is 0.478. The quantitative estimate of drug-likeness (QED) is 0.690. The third-order valence-electron chi connectivity index (χ3n) is 3.24. The van der Waals surface area contributed by atoms with Gasteiger partial charge in [-0.25, -0.2) is 4.79 Å². The smallest absolute Gasteiger partial charge is 0.335 e. The van der Waals surface area contributed by atoms with E-state index in [1.165, 1.54) is 24.8 Å². The van der Waals surface area contributed by atoms with Crippen LogP contribution in [-0.4, -0.2) is 11.1 Å². The van der Waals surface area contributed by atoms with Crippen molar-refractivity contribution < 1.29 is 9.90 Å². The fourth-order valence-electron chi connectivity index (χ4n) is 2.25. The third kappa shape index (κ3) is 4.52. The Morgan fingerprint density at radius 3 is 2.44 bits per heavy atom. The monoisotopic (exact) mass is 248 g/mol. The van der Waals surface area contributed by atoms with Crippen LogP contribution in [0.5, 0.6) is 0 Å². The van der Waals surface area contributed by atoms with Crippen LogP contribution in [0.1, 0.15) is 67.4 Å². The molecular weight excluding hydrogens is 224 g/mol. The summed E-state index contributed by atoms with van der Waals surface area (Å²) in [7, 11) is 0. The molecule has 0 saturated heterocycles. The lowest BCUT2D eigenvalue weighted by Gasteiger charge is -2.08. The molecular formula is C16H24O2. The first-order valence-electron chi connectivity index (χ1n) is 7.04. The van der Waals surface area contributed by atoms with Gasteiger partial charge in [0.25, 0.3) is 0 Å². The maximum absolute atomic E-state index is 11.2. The predicted molar refractivity (Wildman–Crippen MR) is 75.2 cm³/mol. The number of carbonyl (C=O) groups is 1. The maximum Gasteiger partial charge on any atom is 0.335 e. The van der Waals surface area contributed by atoms with Gasteiger partial charge in [-0.1, -0.05) is 51.7 Å². The molecule has 0 fully saturated rings. The molecule has 0 aliphatic heterocycles. The molecule has 1 N–H and O–H groups in total. The first kappa shape index (κ1) is 14.7. The zero-order valence-corrected chi connectivity index (χ0v) is 11.5. The van der Waals surface area contributed by atoms with E-state index < -0.39 is 5.97 Å². The van der Waals surface area contributed by atoms with Crippen LogP contribution in [-0.2, 0) is 12.8 Å². The van der Waals surface area contributed by atoms with E-state index >= 15 is 0 Å². The molecule has 2 heteroatoms. The molecule has 0 atom stereocenters. The van der Waals surface area contributed by atoms with E-state index in [-0.39, 0.29) is 0 Å². The Labute approximate surface area is 110 Å².